The summed E-state index contributed by atoms with van der Waals surface area (Å²) in [5.74, 6) is 1.81. The van der Waals surface area contributed by atoms with Crippen molar-refractivity contribution in [1.82, 2.24) is 9.97 Å². The van der Waals surface area contributed by atoms with E-state index in [1.807, 2.05) is 0 Å². The Bertz CT molecular complexity index is 1200. The van der Waals surface area contributed by atoms with E-state index in [2.05, 4.69) is 15.3 Å². The zero-order valence-corrected chi connectivity index (χ0v) is 18.5. The Morgan fingerprint density at radius 3 is 2.48 bits per heavy atom. The number of aromatic nitrogens is 2. The molecule has 1 fully saturated rings. The van der Waals surface area contributed by atoms with E-state index >= 15 is 0 Å². The van der Waals surface area contributed by atoms with Crippen LogP contribution in [0.5, 0.6) is 11.5 Å². The predicted octanol–water partition coefficient (Wildman–Crippen LogP) is 4.62. The molecule has 0 saturated heterocycles. The van der Waals surface area contributed by atoms with Gasteiger partial charge in [-0.25, -0.2) is 9.97 Å². The van der Waals surface area contributed by atoms with Crippen molar-refractivity contribution in [1.29, 1.82) is 0 Å². The number of hydrogen-bond donors (Lipinski definition) is 3. The third kappa shape index (κ3) is 4.75. The van der Waals surface area contributed by atoms with Crippen LogP contribution >= 0.6 is 0 Å². The van der Waals surface area contributed by atoms with Gasteiger partial charge in [0.15, 0.2) is 11.5 Å². The highest BCUT2D eigenvalue weighted by atomic mass is 19.4. The number of rotatable bonds is 7. The first-order valence-electron chi connectivity index (χ1n) is 10.4. The van der Waals surface area contributed by atoms with Crippen LogP contribution in [0.3, 0.4) is 0 Å². The summed E-state index contributed by atoms with van der Waals surface area (Å²) in [6.07, 6.45) is -3.04. The Morgan fingerprint density at radius 2 is 1.88 bits per heavy atom. The van der Waals surface area contributed by atoms with Gasteiger partial charge in [0, 0.05) is 17.1 Å². The fourth-order valence-corrected chi connectivity index (χ4v) is 3.65. The minimum atomic E-state index is -4.50. The second-order valence-electron chi connectivity index (χ2n) is 8.33. The molecule has 0 aliphatic heterocycles. The lowest BCUT2D eigenvalue weighted by molar-refractivity contribution is -0.137. The molecule has 7 nitrogen and oxygen atoms in total. The number of nitrogens with one attached hydrogen (secondary N) is 1. The number of aryl methyl sites for hydroxylation is 1. The average molecular weight is 462 g/mol. The molecule has 176 valence electrons. The maximum atomic E-state index is 13.2. The fourth-order valence-electron chi connectivity index (χ4n) is 3.65. The monoisotopic (exact) mass is 462 g/mol. The van der Waals surface area contributed by atoms with Crippen molar-refractivity contribution in [2.75, 3.05) is 24.8 Å². The average Bonchev–Trinajstić information content (AvgIpc) is 3.52. The Morgan fingerprint density at radius 1 is 1.15 bits per heavy atom. The topological polar surface area (TPSA) is 103 Å². The van der Waals surface area contributed by atoms with Crippen molar-refractivity contribution in [3.8, 4) is 11.5 Å². The summed E-state index contributed by atoms with van der Waals surface area (Å²) in [7, 11) is 1.51. The number of alkyl halides is 3. The number of nitrogens with zero attached hydrogens (tertiary/aromatic N) is 2. The number of aliphatic hydroxyl groups is 1. The molecule has 1 saturated carbocycles. The number of hydrogen-bond acceptors (Lipinski definition) is 7. The zero-order chi connectivity index (χ0) is 24.0. The normalized spacial score (nSPS) is 15.8. The second-order valence-corrected chi connectivity index (χ2v) is 8.33. The first-order valence-corrected chi connectivity index (χ1v) is 10.4. The zero-order valence-electron chi connectivity index (χ0n) is 18.5. The van der Waals surface area contributed by atoms with Crippen LogP contribution in [0.1, 0.15) is 42.8 Å². The van der Waals surface area contributed by atoms with Gasteiger partial charge in [0.25, 0.3) is 0 Å². The first kappa shape index (κ1) is 22.9. The molecule has 4 rings (SSSR count). The van der Waals surface area contributed by atoms with Crippen molar-refractivity contribution in [3.63, 3.8) is 0 Å². The van der Waals surface area contributed by atoms with Crippen LogP contribution in [-0.4, -0.2) is 34.4 Å². The number of fused-ring (bicyclic) bond motifs is 1. The number of aliphatic hydroxyl groups excluding tert-OH is 1. The number of nitrogen functional groups attached to an aromatic ring is 1. The number of methoxy groups -OCH3 is 1. The fraction of sp³-hybridized carbons (Fsp3) is 0.391. The maximum absolute atomic E-state index is 13.2. The van der Waals surface area contributed by atoms with Crippen molar-refractivity contribution in [3.05, 3.63) is 47.3 Å². The highest BCUT2D eigenvalue weighted by Crippen LogP contribution is 2.44. The van der Waals surface area contributed by atoms with Crippen molar-refractivity contribution in [2.45, 2.75) is 44.5 Å². The van der Waals surface area contributed by atoms with Gasteiger partial charge >= 0.3 is 6.18 Å². The van der Waals surface area contributed by atoms with Crippen LogP contribution in [-0.2, 0) is 6.18 Å². The first-order chi connectivity index (χ1) is 15.5. The molecule has 0 radical (unpaired) electrons. The Labute approximate surface area is 188 Å². The van der Waals surface area contributed by atoms with Gasteiger partial charge in [0.1, 0.15) is 17.2 Å². The largest absolute Gasteiger partial charge is 0.493 e. The molecule has 4 N–H and O–H groups in total. The Balaban J connectivity index is 1.73. The summed E-state index contributed by atoms with van der Waals surface area (Å²) in [6.45, 7) is 3.33. The van der Waals surface area contributed by atoms with E-state index < -0.39 is 23.4 Å². The predicted molar refractivity (Wildman–Crippen MR) is 118 cm³/mol. The van der Waals surface area contributed by atoms with E-state index in [0.717, 1.165) is 25.0 Å². The molecule has 2 aromatic carbocycles. The van der Waals surface area contributed by atoms with E-state index in [-0.39, 0.29) is 12.3 Å². The van der Waals surface area contributed by atoms with Gasteiger partial charge in [0.05, 0.1) is 30.8 Å². The highest BCUT2D eigenvalue weighted by Gasteiger charge is 2.45. The molecule has 1 atom stereocenters. The number of nitrogens with two attached hydrogens (primary N) is 1. The smallest absolute Gasteiger partial charge is 0.416 e. The van der Waals surface area contributed by atoms with Crippen LogP contribution in [0.4, 0.5) is 24.7 Å². The lowest BCUT2D eigenvalue weighted by atomic mass is 10.0. The lowest BCUT2D eigenvalue weighted by Crippen LogP contribution is -2.23. The minimum absolute atomic E-state index is 0.0244. The summed E-state index contributed by atoms with van der Waals surface area (Å²) < 4.78 is 51.2. The maximum Gasteiger partial charge on any atom is 0.416 e. The van der Waals surface area contributed by atoms with Crippen molar-refractivity contribution in [2.24, 2.45) is 0 Å². The molecule has 3 aromatic rings. The van der Waals surface area contributed by atoms with Crippen LogP contribution in [0, 0.1) is 6.92 Å². The van der Waals surface area contributed by atoms with Gasteiger partial charge in [-0.3, -0.25) is 0 Å². The highest BCUT2D eigenvalue weighted by molar-refractivity contribution is 5.92. The minimum Gasteiger partial charge on any atom is -0.493 e. The molecule has 1 aromatic heterocycles. The molecule has 0 bridgehead atoms. The van der Waals surface area contributed by atoms with Gasteiger partial charge in [-0.1, -0.05) is 0 Å². The number of halogens is 3. The molecule has 1 aliphatic carbocycles. The number of ether oxygens (including phenoxy) is 2. The summed E-state index contributed by atoms with van der Waals surface area (Å²) in [5.41, 5.74) is 5.27. The van der Waals surface area contributed by atoms with Crippen molar-refractivity contribution >= 4 is 22.4 Å². The third-order valence-electron chi connectivity index (χ3n) is 5.67. The molecule has 0 amide bonds. The molecule has 1 aliphatic rings. The van der Waals surface area contributed by atoms with Gasteiger partial charge in [-0.15, -0.1) is 0 Å². The quantitative estimate of drug-likeness (QED) is 0.440. The molecule has 33 heavy (non-hydrogen) atoms. The molecule has 0 spiro atoms. The van der Waals surface area contributed by atoms with Gasteiger partial charge < -0.3 is 25.6 Å². The van der Waals surface area contributed by atoms with Crippen molar-refractivity contribution < 1.29 is 27.8 Å². The molecule has 0 unspecified atom stereocenters. The Kier molecular flexibility index (Phi) is 5.73. The van der Waals surface area contributed by atoms with E-state index in [1.54, 1.807) is 26.0 Å². The lowest BCUT2D eigenvalue weighted by Gasteiger charge is -2.21. The van der Waals surface area contributed by atoms with Gasteiger partial charge in [0.2, 0.25) is 0 Å². The van der Waals surface area contributed by atoms with E-state index in [4.69, 9.17) is 15.2 Å². The van der Waals surface area contributed by atoms with Crippen LogP contribution in [0.2, 0.25) is 0 Å². The molecular formula is C23H25F3N4O3. The van der Waals surface area contributed by atoms with E-state index in [0.29, 0.717) is 39.6 Å². The summed E-state index contributed by atoms with van der Waals surface area (Å²) in [5, 5.41) is 13.4. The van der Waals surface area contributed by atoms with E-state index in [1.165, 1.54) is 13.2 Å². The number of benzene rings is 2. The van der Waals surface area contributed by atoms with Crippen LogP contribution < -0.4 is 20.5 Å². The van der Waals surface area contributed by atoms with Gasteiger partial charge in [-0.2, -0.15) is 13.2 Å². The molecule has 1 heterocycles. The SMILES string of the molecule is COc1cc2nc(C)nc(N[C@H](C)c3cc(N)cc(C(F)(F)F)c3)c2cc1OC1(CO)CC1. The number of anilines is 2. The Hall–Kier alpha value is -3.27. The van der Waals surface area contributed by atoms with Crippen LogP contribution in [0.25, 0.3) is 10.9 Å². The van der Waals surface area contributed by atoms with E-state index in [9.17, 15) is 18.3 Å². The summed E-state index contributed by atoms with van der Waals surface area (Å²) in [4.78, 5) is 8.92. The standard InChI is InChI=1S/C23H25F3N4O3/c1-12(14-6-15(23(24,25)26)8-16(27)7-14)28-21-17-9-20(33-22(11-31)4-5-22)19(32-3)10-18(17)29-13(2)30-21/h6-10,12,31H,4-5,11,27H2,1-3H3,(H,28,29,30)/t12-/m1/s1. The second kappa shape index (κ2) is 8.26. The molecule has 10 heteroatoms. The third-order valence-corrected chi connectivity index (χ3v) is 5.67. The van der Waals surface area contributed by atoms with Gasteiger partial charge in [-0.05, 0) is 56.5 Å². The summed E-state index contributed by atoms with van der Waals surface area (Å²) in [6, 6.07) is 6.37. The molecular weight excluding hydrogens is 437 g/mol. The summed E-state index contributed by atoms with van der Waals surface area (Å²) >= 11 is 0. The van der Waals surface area contributed by atoms with Crippen LogP contribution in [0.15, 0.2) is 30.3 Å².